The molecule has 1 N–H and O–H groups in total. The molecule has 0 spiro atoms. The zero-order valence-electron chi connectivity index (χ0n) is 13.8. The first-order valence-corrected chi connectivity index (χ1v) is 9.15. The molecule has 1 amide bonds. The zero-order valence-corrected chi connectivity index (χ0v) is 14.6. The Morgan fingerprint density at radius 1 is 1.52 bits per heavy atom. The zero-order chi connectivity index (χ0) is 16.2. The van der Waals surface area contributed by atoms with Crippen LogP contribution in [0.3, 0.4) is 0 Å². The number of rotatable bonds is 6. The van der Waals surface area contributed by atoms with E-state index in [1.165, 1.54) is 11.3 Å². The number of likely N-dealkylation sites (tertiary alicyclic amines) is 1. The monoisotopic (exact) mass is 332 g/mol. The molecule has 0 aliphatic carbocycles. The van der Waals surface area contributed by atoms with Crippen molar-refractivity contribution in [2.45, 2.75) is 33.4 Å². The van der Waals surface area contributed by atoms with Crippen molar-refractivity contribution in [2.75, 3.05) is 19.6 Å². The van der Waals surface area contributed by atoms with Gasteiger partial charge in [0.05, 0.1) is 6.20 Å². The van der Waals surface area contributed by atoms with Crippen LogP contribution in [0.1, 0.15) is 35.0 Å². The van der Waals surface area contributed by atoms with Gasteiger partial charge in [-0.3, -0.25) is 14.4 Å². The fourth-order valence-corrected chi connectivity index (χ4v) is 3.79. The van der Waals surface area contributed by atoms with E-state index in [9.17, 15) is 4.79 Å². The summed E-state index contributed by atoms with van der Waals surface area (Å²) < 4.78 is 2.05. The fraction of sp³-hybridized carbons (Fsp3) is 0.529. The third-order valence-corrected chi connectivity index (χ3v) is 5.29. The van der Waals surface area contributed by atoms with E-state index in [0.29, 0.717) is 5.92 Å². The van der Waals surface area contributed by atoms with Crippen LogP contribution in [0, 0.1) is 12.8 Å². The van der Waals surface area contributed by atoms with Crippen LogP contribution in [-0.2, 0) is 13.1 Å². The number of hydrogen-bond acceptors (Lipinski definition) is 4. The number of nitrogens with zero attached hydrogens (tertiary/aromatic N) is 3. The third kappa shape index (κ3) is 3.82. The Morgan fingerprint density at radius 3 is 3.09 bits per heavy atom. The minimum Gasteiger partial charge on any atom is -0.352 e. The molecule has 1 aliphatic rings. The summed E-state index contributed by atoms with van der Waals surface area (Å²) in [4.78, 5) is 14.5. The van der Waals surface area contributed by atoms with Gasteiger partial charge in [-0.15, -0.1) is 0 Å². The van der Waals surface area contributed by atoms with Crippen molar-refractivity contribution in [3.05, 3.63) is 39.8 Å². The number of carbonyl (C=O) groups excluding carboxylic acids is 1. The lowest BCUT2D eigenvalue weighted by molar-refractivity contribution is 0.0947. The van der Waals surface area contributed by atoms with Crippen molar-refractivity contribution in [3.63, 3.8) is 0 Å². The normalized spacial score (nSPS) is 18.4. The van der Waals surface area contributed by atoms with E-state index >= 15 is 0 Å². The Kier molecular flexibility index (Phi) is 5.13. The Morgan fingerprint density at radius 2 is 2.39 bits per heavy atom. The molecule has 0 radical (unpaired) electrons. The van der Waals surface area contributed by atoms with Crippen molar-refractivity contribution in [3.8, 4) is 0 Å². The van der Waals surface area contributed by atoms with E-state index in [2.05, 4.69) is 29.2 Å². The van der Waals surface area contributed by atoms with Crippen molar-refractivity contribution < 1.29 is 4.79 Å². The summed E-state index contributed by atoms with van der Waals surface area (Å²) >= 11 is 1.56. The third-order valence-electron chi connectivity index (χ3n) is 4.60. The average molecular weight is 332 g/mol. The minimum absolute atomic E-state index is 0.0461. The molecule has 3 rings (SSSR count). The smallest absolute Gasteiger partial charge is 0.252 e. The van der Waals surface area contributed by atoms with E-state index in [0.717, 1.165) is 44.7 Å². The first kappa shape index (κ1) is 16.2. The lowest BCUT2D eigenvalue weighted by atomic mass is 10.1. The number of thiophene rings is 1. The van der Waals surface area contributed by atoms with Gasteiger partial charge < -0.3 is 5.32 Å². The number of amides is 1. The van der Waals surface area contributed by atoms with Crippen LogP contribution in [0.15, 0.2) is 23.0 Å². The molecule has 3 heterocycles. The maximum atomic E-state index is 12.0. The minimum atomic E-state index is 0.0461. The van der Waals surface area contributed by atoms with Crippen molar-refractivity contribution in [2.24, 2.45) is 5.92 Å². The maximum Gasteiger partial charge on any atom is 0.252 e. The highest BCUT2D eigenvalue weighted by atomic mass is 32.1. The van der Waals surface area contributed by atoms with Gasteiger partial charge in [0.2, 0.25) is 0 Å². The molecule has 5 nitrogen and oxygen atoms in total. The standard InChI is InChI=1S/C17H24N4OS/c1-3-21-13(2)16(9-19-21)11-20-6-4-14(10-20)8-18-17(22)15-5-7-23-12-15/h5,7,9,12,14H,3-4,6,8,10-11H2,1-2H3,(H,18,22)/t14-/m1/s1. The van der Waals surface area contributed by atoms with Gasteiger partial charge in [0.25, 0.3) is 5.91 Å². The molecule has 2 aromatic rings. The lowest BCUT2D eigenvalue weighted by Crippen LogP contribution is -2.30. The van der Waals surface area contributed by atoms with Crippen LogP contribution in [0.5, 0.6) is 0 Å². The van der Waals surface area contributed by atoms with E-state index < -0.39 is 0 Å². The van der Waals surface area contributed by atoms with Crippen LogP contribution in [-0.4, -0.2) is 40.2 Å². The van der Waals surface area contributed by atoms with Crippen LogP contribution in [0.25, 0.3) is 0 Å². The summed E-state index contributed by atoms with van der Waals surface area (Å²) in [7, 11) is 0. The molecule has 0 aromatic carbocycles. The van der Waals surface area contributed by atoms with E-state index in [-0.39, 0.29) is 5.91 Å². The van der Waals surface area contributed by atoms with Crippen LogP contribution in [0.2, 0.25) is 0 Å². The number of nitrogens with one attached hydrogen (secondary N) is 1. The predicted molar refractivity (Wildman–Crippen MR) is 92.7 cm³/mol. The summed E-state index contributed by atoms with van der Waals surface area (Å²) in [5.74, 6) is 0.587. The molecule has 1 fully saturated rings. The second kappa shape index (κ2) is 7.27. The molecule has 0 bridgehead atoms. The Bertz CT molecular complexity index is 650. The molecule has 124 valence electrons. The van der Waals surface area contributed by atoms with Gasteiger partial charge in [-0.1, -0.05) is 0 Å². The van der Waals surface area contributed by atoms with Crippen molar-refractivity contribution >= 4 is 17.2 Å². The number of carbonyl (C=O) groups is 1. The highest BCUT2D eigenvalue weighted by molar-refractivity contribution is 7.08. The number of aromatic nitrogens is 2. The first-order chi connectivity index (χ1) is 11.2. The quantitative estimate of drug-likeness (QED) is 0.884. The second-order valence-corrected chi connectivity index (χ2v) is 6.96. The van der Waals surface area contributed by atoms with Crippen LogP contribution < -0.4 is 5.32 Å². The molecule has 0 saturated carbocycles. The Hall–Kier alpha value is -1.66. The van der Waals surface area contributed by atoms with Gasteiger partial charge in [-0.2, -0.15) is 16.4 Å². The van der Waals surface area contributed by atoms with Gasteiger partial charge in [-0.05, 0) is 44.2 Å². The van der Waals surface area contributed by atoms with Gasteiger partial charge in [0.15, 0.2) is 0 Å². The molecule has 0 unspecified atom stereocenters. The van der Waals surface area contributed by atoms with Crippen molar-refractivity contribution in [1.29, 1.82) is 0 Å². The average Bonchev–Trinajstić information content (AvgIpc) is 3.28. The summed E-state index contributed by atoms with van der Waals surface area (Å²) in [6.45, 7) is 9.03. The summed E-state index contributed by atoms with van der Waals surface area (Å²) in [6.07, 6.45) is 3.13. The Labute approximate surface area is 141 Å². The predicted octanol–water partition coefficient (Wildman–Crippen LogP) is 2.52. The summed E-state index contributed by atoms with van der Waals surface area (Å²) in [6, 6.07) is 1.87. The molecular weight excluding hydrogens is 308 g/mol. The van der Waals surface area contributed by atoms with Gasteiger partial charge in [0, 0.05) is 48.4 Å². The SMILES string of the molecule is CCn1ncc(CN2CC[C@H](CNC(=O)c3ccsc3)C2)c1C. The maximum absolute atomic E-state index is 12.0. The molecule has 1 atom stereocenters. The lowest BCUT2D eigenvalue weighted by Gasteiger charge is -2.16. The topological polar surface area (TPSA) is 50.2 Å². The van der Waals surface area contributed by atoms with Gasteiger partial charge in [-0.25, -0.2) is 0 Å². The molecule has 6 heteroatoms. The van der Waals surface area contributed by atoms with Crippen LogP contribution >= 0.6 is 11.3 Å². The second-order valence-electron chi connectivity index (χ2n) is 6.18. The summed E-state index contributed by atoms with van der Waals surface area (Å²) in [5.41, 5.74) is 3.35. The fourth-order valence-electron chi connectivity index (χ4n) is 3.16. The largest absolute Gasteiger partial charge is 0.352 e. The molecule has 1 saturated heterocycles. The molecule has 23 heavy (non-hydrogen) atoms. The van der Waals surface area contributed by atoms with E-state index in [1.54, 1.807) is 11.3 Å². The van der Waals surface area contributed by atoms with Gasteiger partial charge >= 0.3 is 0 Å². The molecule has 1 aliphatic heterocycles. The highest BCUT2D eigenvalue weighted by Crippen LogP contribution is 2.19. The molecule has 2 aromatic heterocycles. The summed E-state index contributed by atoms with van der Waals surface area (Å²) in [5, 5.41) is 11.3. The van der Waals surface area contributed by atoms with Crippen LogP contribution in [0.4, 0.5) is 0 Å². The first-order valence-electron chi connectivity index (χ1n) is 8.21. The Balaban J connectivity index is 1.47. The van der Waals surface area contributed by atoms with Crippen molar-refractivity contribution in [1.82, 2.24) is 20.0 Å². The van der Waals surface area contributed by atoms with E-state index in [4.69, 9.17) is 0 Å². The van der Waals surface area contributed by atoms with Gasteiger partial charge in [0.1, 0.15) is 0 Å². The van der Waals surface area contributed by atoms with E-state index in [1.807, 2.05) is 27.7 Å². The number of hydrogen-bond donors (Lipinski definition) is 1. The molecular formula is C17H24N4OS. The highest BCUT2D eigenvalue weighted by Gasteiger charge is 2.24. The number of aryl methyl sites for hydroxylation is 1.